The molecule has 160 valence electrons. The van der Waals surface area contributed by atoms with Crippen molar-refractivity contribution in [1.29, 1.82) is 0 Å². The van der Waals surface area contributed by atoms with E-state index in [9.17, 15) is 14.4 Å². The summed E-state index contributed by atoms with van der Waals surface area (Å²) < 4.78 is 5.41. The third kappa shape index (κ3) is 3.68. The minimum absolute atomic E-state index is 0.211. The molecule has 1 aromatic heterocycles. The van der Waals surface area contributed by atoms with Crippen LogP contribution in [-0.2, 0) is 20.7 Å². The summed E-state index contributed by atoms with van der Waals surface area (Å²) in [5.41, 5.74) is 4.98. The number of allylic oxidation sites excluding steroid dienone is 1. The lowest BCUT2D eigenvalue weighted by atomic mass is 10.0. The zero-order chi connectivity index (χ0) is 22.1. The van der Waals surface area contributed by atoms with Crippen molar-refractivity contribution in [1.82, 2.24) is 9.88 Å². The lowest BCUT2D eigenvalue weighted by molar-refractivity contribution is -0.143. The fraction of sp³-hybridized carbons (Fsp3) is 0.231. The number of benzene rings is 2. The van der Waals surface area contributed by atoms with Crippen molar-refractivity contribution in [3.8, 4) is 0 Å². The van der Waals surface area contributed by atoms with Crippen LogP contribution < -0.4 is 0 Å². The molecular formula is C26H22N2O4. The fourth-order valence-corrected chi connectivity index (χ4v) is 4.45. The number of pyridine rings is 1. The van der Waals surface area contributed by atoms with Crippen molar-refractivity contribution in [3.05, 3.63) is 77.0 Å². The molecule has 0 spiro atoms. The van der Waals surface area contributed by atoms with E-state index in [1.807, 2.05) is 54.6 Å². The Morgan fingerprint density at radius 2 is 1.78 bits per heavy atom. The number of hydrogen-bond donors (Lipinski definition) is 0. The first-order valence-electron chi connectivity index (χ1n) is 10.8. The van der Waals surface area contributed by atoms with Crippen molar-refractivity contribution >= 4 is 40.3 Å². The minimum Gasteiger partial charge on any atom is -0.452 e. The van der Waals surface area contributed by atoms with Crippen LogP contribution >= 0.6 is 0 Å². The van der Waals surface area contributed by atoms with Crippen LogP contribution in [0.5, 0.6) is 0 Å². The first-order chi connectivity index (χ1) is 15.6. The Morgan fingerprint density at radius 1 is 1.00 bits per heavy atom. The van der Waals surface area contributed by atoms with Crippen molar-refractivity contribution in [2.24, 2.45) is 0 Å². The maximum Gasteiger partial charge on any atom is 0.339 e. The molecule has 0 atom stereocenters. The average Bonchev–Trinajstić information content (AvgIpc) is 3.42. The van der Waals surface area contributed by atoms with E-state index >= 15 is 0 Å². The molecule has 0 bridgehead atoms. The maximum atomic E-state index is 13.2. The number of hydrogen-bond acceptors (Lipinski definition) is 5. The molecule has 1 aliphatic heterocycles. The predicted octanol–water partition coefficient (Wildman–Crippen LogP) is 4.03. The Balaban J connectivity index is 1.49. The molecule has 2 amide bonds. The summed E-state index contributed by atoms with van der Waals surface area (Å²) in [7, 11) is 0. The Hall–Kier alpha value is -3.80. The summed E-state index contributed by atoms with van der Waals surface area (Å²) in [6, 6.07) is 17.5. The highest BCUT2D eigenvalue weighted by atomic mass is 16.5. The standard InChI is InChI=1S/C26H22N2O4/c29-22-11-6-14-28(22)23(30)16-32-26(31)24-19-9-4-5-10-21(19)27-25-18(12-13-20(24)25)15-17-7-2-1-3-8-17/h1-5,7-10,15H,6,11-14,16H2/b18-15+. The monoisotopic (exact) mass is 426 g/mol. The van der Waals surface area contributed by atoms with Gasteiger partial charge in [-0.3, -0.25) is 14.5 Å². The molecule has 2 heterocycles. The number of amides is 2. The molecule has 3 aromatic rings. The Labute approximate surface area is 185 Å². The Morgan fingerprint density at radius 3 is 2.56 bits per heavy atom. The number of esters is 1. The van der Waals surface area contributed by atoms with Gasteiger partial charge < -0.3 is 4.74 Å². The predicted molar refractivity (Wildman–Crippen MR) is 121 cm³/mol. The molecular weight excluding hydrogens is 404 g/mol. The van der Waals surface area contributed by atoms with E-state index in [0.29, 0.717) is 42.3 Å². The number of aromatic nitrogens is 1. The van der Waals surface area contributed by atoms with E-state index in [0.717, 1.165) is 28.8 Å². The van der Waals surface area contributed by atoms with E-state index in [2.05, 4.69) is 6.08 Å². The number of para-hydroxylation sites is 1. The third-order valence-electron chi connectivity index (χ3n) is 5.99. The van der Waals surface area contributed by atoms with Crippen LogP contribution in [0.3, 0.4) is 0 Å². The van der Waals surface area contributed by atoms with Crippen LogP contribution in [0, 0.1) is 0 Å². The lowest BCUT2D eigenvalue weighted by Crippen LogP contribution is -2.35. The summed E-state index contributed by atoms with van der Waals surface area (Å²) in [6.45, 7) is -0.0564. The Kier molecular flexibility index (Phi) is 5.27. The molecule has 1 aliphatic carbocycles. The van der Waals surface area contributed by atoms with Gasteiger partial charge in [-0.15, -0.1) is 0 Å². The van der Waals surface area contributed by atoms with Gasteiger partial charge in [0.2, 0.25) is 5.91 Å². The minimum atomic E-state index is -0.555. The summed E-state index contributed by atoms with van der Waals surface area (Å²) in [5.74, 6) is -1.24. The molecule has 0 unspecified atom stereocenters. The molecule has 6 heteroatoms. The topological polar surface area (TPSA) is 76.6 Å². The largest absolute Gasteiger partial charge is 0.452 e. The van der Waals surface area contributed by atoms with E-state index in [-0.39, 0.29) is 5.91 Å². The molecule has 1 saturated heterocycles. The number of fused-ring (bicyclic) bond motifs is 2. The van der Waals surface area contributed by atoms with Gasteiger partial charge in [-0.05, 0) is 48.1 Å². The second kappa shape index (κ2) is 8.38. The van der Waals surface area contributed by atoms with Gasteiger partial charge in [0.05, 0.1) is 16.8 Å². The van der Waals surface area contributed by atoms with Gasteiger partial charge in [-0.2, -0.15) is 0 Å². The zero-order valence-corrected chi connectivity index (χ0v) is 17.5. The smallest absolute Gasteiger partial charge is 0.339 e. The second-order valence-corrected chi connectivity index (χ2v) is 8.03. The first-order valence-corrected chi connectivity index (χ1v) is 10.8. The number of ether oxygens (including phenoxy) is 1. The molecule has 5 rings (SSSR count). The molecule has 2 aromatic carbocycles. The van der Waals surface area contributed by atoms with Crippen molar-refractivity contribution in [2.75, 3.05) is 13.2 Å². The number of carbonyl (C=O) groups excluding carboxylic acids is 3. The average molecular weight is 426 g/mol. The quantitative estimate of drug-likeness (QED) is 0.589. The summed E-state index contributed by atoms with van der Waals surface area (Å²) in [6.07, 6.45) is 4.56. The van der Waals surface area contributed by atoms with Gasteiger partial charge >= 0.3 is 5.97 Å². The summed E-state index contributed by atoms with van der Waals surface area (Å²) in [4.78, 5) is 43.3. The zero-order valence-electron chi connectivity index (χ0n) is 17.5. The van der Waals surface area contributed by atoms with Crippen LogP contribution in [0.1, 0.15) is 46.4 Å². The number of nitrogens with zero attached hydrogens (tertiary/aromatic N) is 2. The van der Waals surface area contributed by atoms with Crippen molar-refractivity contribution in [2.45, 2.75) is 25.7 Å². The highest BCUT2D eigenvalue weighted by molar-refractivity contribution is 6.08. The molecule has 2 aliphatic rings. The number of imide groups is 1. The molecule has 0 radical (unpaired) electrons. The van der Waals surface area contributed by atoms with Crippen LogP contribution in [-0.4, -0.2) is 40.8 Å². The van der Waals surface area contributed by atoms with Gasteiger partial charge in [0.1, 0.15) is 0 Å². The first kappa shape index (κ1) is 20.1. The van der Waals surface area contributed by atoms with E-state index < -0.39 is 18.5 Å². The second-order valence-electron chi connectivity index (χ2n) is 8.03. The molecule has 0 saturated carbocycles. The number of rotatable bonds is 4. The molecule has 6 nitrogen and oxygen atoms in total. The van der Waals surface area contributed by atoms with Gasteiger partial charge in [0, 0.05) is 18.4 Å². The van der Waals surface area contributed by atoms with Crippen LogP contribution in [0.15, 0.2) is 54.6 Å². The molecule has 1 fully saturated rings. The van der Waals surface area contributed by atoms with Gasteiger partial charge in [-0.1, -0.05) is 48.5 Å². The summed E-state index contributed by atoms with van der Waals surface area (Å²) >= 11 is 0. The number of carbonyl (C=O) groups is 3. The van der Waals surface area contributed by atoms with Crippen LogP contribution in [0.4, 0.5) is 0 Å². The van der Waals surface area contributed by atoms with Crippen molar-refractivity contribution < 1.29 is 19.1 Å². The third-order valence-corrected chi connectivity index (χ3v) is 5.99. The SMILES string of the molecule is O=C(OCC(=O)N1CCCC1=O)c1c2c(nc3ccccc13)/C(=C/c1ccccc1)CC2. The Bertz CT molecular complexity index is 1260. The highest BCUT2D eigenvalue weighted by Gasteiger charge is 2.30. The highest BCUT2D eigenvalue weighted by Crippen LogP contribution is 2.37. The van der Waals surface area contributed by atoms with Crippen LogP contribution in [0.2, 0.25) is 0 Å². The van der Waals surface area contributed by atoms with Gasteiger partial charge in [-0.25, -0.2) is 9.78 Å². The molecule has 32 heavy (non-hydrogen) atoms. The molecule has 0 N–H and O–H groups in total. The maximum absolute atomic E-state index is 13.2. The number of likely N-dealkylation sites (tertiary alicyclic amines) is 1. The van der Waals surface area contributed by atoms with E-state index in [4.69, 9.17) is 9.72 Å². The fourth-order valence-electron chi connectivity index (χ4n) is 4.45. The lowest BCUT2D eigenvalue weighted by Gasteiger charge is -2.15. The normalized spacial score (nSPS) is 16.6. The van der Waals surface area contributed by atoms with E-state index in [1.54, 1.807) is 0 Å². The van der Waals surface area contributed by atoms with Gasteiger partial charge in [0.15, 0.2) is 6.61 Å². The van der Waals surface area contributed by atoms with Crippen molar-refractivity contribution in [3.63, 3.8) is 0 Å². The van der Waals surface area contributed by atoms with Crippen LogP contribution in [0.25, 0.3) is 22.6 Å². The van der Waals surface area contributed by atoms with E-state index in [1.165, 1.54) is 4.90 Å². The summed E-state index contributed by atoms with van der Waals surface area (Å²) in [5, 5.41) is 0.710. The van der Waals surface area contributed by atoms with Gasteiger partial charge in [0.25, 0.3) is 5.91 Å².